The molecule has 0 aliphatic carbocycles. The Hall–Kier alpha value is -3.76. The van der Waals surface area contributed by atoms with E-state index in [2.05, 4.69) is 20.5 Å². The number of aromatic nitrogens is 5. The Labute approximate surface area is 179 Å². The fourth-order valence-electron chi connectivity index (χ4n) is 3.41. The van der Waals surface area contributed by atoms with Crippen molar-refractivity contribution < 1.29 is 18.0 Å². The van der Waals surface area contributed by atoms with Crippen molar-refractivity contribution in [1.29, 1.82) is 0 Å². The molecule has 3 aromatic heterocycles. The molecule has 0 unspecified atom stereocenters. The molecule has 32 heavy (non-hydrogen) atoms. The number of carbonyl (C=O) groups excluding carboxylic acids is 1. The smallest absolute Gasteiger partial charge is 0.308 e. The molecule has 0 fully saturated rings. The zero-order valence-electron chi connectivity index (χ0n) is 17.4. The molecule has 4 rings (SSSR count). The number of nitrogens with zero attached hydrogens (tertiary/aromatic N) is 5. The van der Waals surface area contributed by atoms with E-state index in [1.807, 2.05) is 6.92 Å². The van der Waals surface area contributed by atoms with E-state index in [4.69, 9.17) is 0 Å². The van der Waals surface area contributed by atoms with E-state index in [-0.39, 0.29) is 22.5 Å². The van der Waals surface area contributed by atoms with Crippen LogP contribution in [-0.4, -0.2) is 30.3 Å². The van der Waals surface area contributed by atoms with Crippen LogP contribution in [0.1, 0.15) is 36.7 Å². The zero-order valence-corrected chi connectivity index (χ0v) is 17.4. The van der Waals surface area contributed by atoms with Gasteiger partial charge in [0, 0.05) is 5.39 Å². The molecular weight excluding hydrogens is 425 g/mol. The van der Waals surface area contributed by atoms with Crippen molar-refractivity contribution in [3.05, 3.63) is 63.8 Å². The van der Waals surface area contributed by atoms with Gasteiger partial charge in [-0.25, -0.2) is 14.2 Å². The largest absolute Gasteiger partial charge is 0.416 e. The number of imidazole rings is 1. The molecule has 0 bridgehead atoms. The third-order valence-corrected chi connectivity index (χ3v) is 4.86. The van der Waals surface area contributed by atoms with Crippen molar-refractivity contribution in [3.63, 3.8) is 0 Å². The first-order valence-corrected chi connectivity index (χ1v) is 9.78. The van der Waals surface area contributed by atoms with E-state index in [0.717, 1.165) is 28.6 Å². The lowest BCUT2D eigenvalue weighted by Gasteiger charge is -2.15. The monoisotopic (exact) mass is 444 g/mol. The molecular formula is C21H19F3N6O2. The first kappa shape index (κ1) is 21.5. The molecule has 1 N–H and O–H groups in total. The zero-order chi connectivity index (χ0) is 23.2. The molecule has 166 valence electrons. The number of rotatable bonds is 4. The molecule has 0 spiro atoms. The second-order valence-corrected chi connectivity index (χ2v) is 7.71. The van der Waals surface area contributed by atoms with Crippen molar-refractivity contribution >= 4 is 28.1 Å². The summed E-state index contributed by atoms with van der Waals surface area (Å²) in [7, 11) is 0. The maximum Gasteiger partial charge on any atom is 0.416 e. The summed E-state index contributed by atoms with van der Waals surface area (Å²) < 4.78 is 41.9. The summed E-state index contributed by atoms with van der Waals surface area (Å²) in [4.78, 5) is 29.6. The first-order chi connectivity index (χ1) is 15.0. The van der Waals surface area contributed by atoms with E-state index < -0.39 is 29.8 Å². The van der Waals surface area contributed by atoms with Gasteiger partial charge in [-0.15, -0.1) is 5.10 Å². The minimum Gasteiger partial charge on any atom is -0.308 e. The fraction of sp³-hybridized carbons (Fsp3) is 0.286. The second kappa shape index (κ2) is 7.74. The number of hydrogen-bond acceptors (Lipinski definition) is 5. The van der Waals surface area contributed by atoms with Crippen molar-refractivity contribution in [2.45, 2.75) is 39.4 Å². The minimum absolute atomic E-state index is 0.0675. The van der Waals surface area contributed by atoms with Gasteiger partial charge in [0.1, 0.15) is 6.54 Å². The highest BCUT2D eigenvalue weighted by Gasteiger charge is 2.31. The highest BCUT2D eigenvalue weighted by Crippen LogP contribution is 2.32. The van der Waals surface area contributed by atoms with Crippen LogP contribution in [0.5, 0.6) is 0 Å². The Morgan fingerprint density at radius 2 is 1.88 bits per heavy atom. The Morgan fingerprint density at radius 1 is 1.12 bits per heavy atom. The molecule has 4 aromatic rings. The highest BCUT2D eigenvalue weighted by molar-refractivity contribution is 5.90. The van der Waals surface area contributed by atoms with Gasteiger partial charge in [0.2, 0.25) is 5.91 Å². The van der Waals surface area contributed by atoms with Crippen LogP contribution >= 0.6 is 0 Å². The normalized spacial score (nSPS) is 12.1. The molecule has 0 saturated carbocycles. The number of fused-ring (bicyclic) bond motifs is 2. The van der Waals surface area contributed by atoms with Gasteiger partial charge < -0.3 is 5.32 Å². The summed E-state index contributed by atoms with van der Waals surface area (Å²) in [6.45, 7) is 4.90. The summed E-state index contributed by atoms with van der Waals surface area (Å²) in [6, 6.07) is 6.17. The van der Waals surface area contributed by atoms with Gasteiger partial charge in [0.05, 0.1) is 28.5 Å². The lowest BCUT2D eigenvalue weighted by Crippen LogP contribution is -2.31. The van der Waals surface area contributed by atoms with Crippen LogP contribution in [0.3, 0.4) is 0 Å². The van der Waals surface area contributed by atoms with Gasteiger partial charge in [0.25, 0.3) is 5.56 Å². The Morgan fingerprint density at radius 3 is 2.56 bits per heavy atom. The molecule has 0 aliphatic rings. The summed E-state index contributed by atoms with van der Waals surface area (Å²) in [5, 5.41) is 11.2. The number of benzene rings is 1. The molecule has 0 saturated heterocycles. The van der Waals surface area contributed by atoms with Gasteiger partial charge >= 0.3 is 6.18 Å². The van der Waals surface area contributed by atoms with E-state index in [1.54, 1.807) is 32.2 Å². The number of alkyl halides is 3. The third-order valence-electron chi connectivity index (χ3n) is 4.86. The van der Waals surface area contributed by atoms with E-state index in [1.165, 1.54) is 4.52 Å². The van der Waals surface area contributed by atoms with E-state index in [9.17, 15) is 22.8 Å². The van der Waals surface area contributed by atoms with Crippen LogP contribution in [0.2, 0.25) is 0 Å². The van der Waals surface area contributed by atoms with Crippen molar-refractivity contribution in [2.24, 2.45) is 0 Å². The Kier molecular flexibility index (Phi) is 5.19. The quantitative estimate of drug-likeness (QED) is 0.520. The molecule has 1 amide bonds. The summed E-state index contributed by atoms with van der Waals surface area (Å²) >= 11 is 0. The maximum atomic E-state index is 13.1. The predicted molar refractivity (Wildman–Crippen MR) is 111 cm³/mol. The van der Waals surface area contributed by atoms with Crippen molar-refractivity contribution in [1.82, 2.24) is 24.4 Å². The molecule has 1 aromatic carbocycles. The van der Waals surface area contributed by atoms with E-state index in [0.29, 0.717) is 11.3 Å². The Balaban J connectivity index is 1.67. The SMILES string of the molecule is Cc1cn2nc(NC(=O)Cn3nc(C(C)C)c4cc(C(F)(F)F)ccc4c3=O)ccc2n1. The number of halogens is 3. The summed E-state index contributed by atoms with van der Waals surface area (Å²) in [5.74, 6) is -0.568. The first-order valence-electron chi connectivity index (χ1n) is 9.78. The summed E-state index contributed by atoms with van der Waals surface area (Å²) in [6.07, 6.45) is -2.84. The lowest BCUT2D eigenvalue weighted by molar-refractivity contribution is -0.137. The highest BCUT2D eigenvalue weighted by atomic mass is 19.4. The third kappa shape index (κ3) is 4.05. The van der Waals surface area contributed by atoms with Crippen LogP contribution in [0.25, 0.3) is 16.4 Å². The number of aryl methyl sites for hydroxylation is 1. The van der Waals surface area contributed by atoms with E-state index >= 15 is 0 Å². The average molecular weight is 444 g/mol. The molecule has 3 heterocycles. The second-order valence-electron chi connectivity index (χ2n) is 7.71. The van der Waals surface area contributed by atoms with Gasteiger partial charge in [0.15, 0.2) is 11.5 Å². The molecule has 8 nitrogen and oxygen atoms in total. The van der Waals surface area contributed by atoms with Gasteiger partial charge in [-0.1, -0.05) is 13.8 Å². The van der Waals surface area contributed by atoms with Crippen LogP contribution in [0.4, 0.5) is 19.0 Å². The minimum atomic E-state index is -4.54. The van der Waals surface area contributed by atoms with Crippen LogP contribution < -0.4 is 10.9 Å². The van der Waals surface area contributed by atoms with Gasteiger partial charge in [-0.3, -0.25) is 9.59 Å². The number of carbonyl (C=O) groups is 1. The van der Waals surface area contributed by atoms with Gasteiger partial charge in [-0.2, -0.15) is 18.3 Å². The van der Waals surface area contributed by atoms with Crippen LogP contribution in [-0.2, 0) is 17.5 Å². The molecule has 0 radical (unpaired) electrons. The van der Waals surface area contributed by atoms with Crippen LogP contribution in [0, 0.1) is 6.92 Å². The number of anilines is 1. The molecule has 0 atom stereocenters. The number of amides is 1. The maximum absolute atomic E-state index is 13.1. The number of nitrogens with one attached hydrogen (secondary N) is 1. The average Bonchev–Trinajstić information content (AvgIpc) is 3.08. The van der Waals surface area contributed by atoms with Crippen molar-refractivity contribution in [3.8, 4) is 0 Å². The fourth-order valence-corrected chi connectivity index (χ4v) is 3.41. The topological polar surface area (TPSA) is 94.2 Å². The standard InChI is InChI=1S/C21H19F3N6O2/c1-11(2)19-15-8-13(21(22,23)24)4-5-14(15)20(32)30(28-19)10-18(31)26-16-6-7-17-25-12(3)9-29(17)27-16/h4-9,11H,10H2,1-3H3,(H,26,27,31). The summed E-state index contributed by atoms with van der Waals surface area (Å²) in [5.41, 5.74) is 0.171. The molecule has 0 aliphatic heterocycles. The Bertz CT molecular complexity index is 1400. The van der Waals surface area contributed by atoms with Gasteiger partial charge in [-0.05, 0) is 43.2 Å². The van der Waals surface area contributed by atoms with Crippen LogP contribution in [0.15, 0.2) is 41.3 Å². The predicted octanol–water partition coefficient (Wildman–Crippen LogP) is 3.53. The molecule has 11 heteroatoms. The van der Waals surface area contributed by atoms with Crippen molar-refractivity contribution in [2.75, 3.05) is 5.32 Å². The lowest BCUT2D eigenvalue weighted by atomic mass is 10.0. The number of hydrogen-bond donors (Lipinski definition) is 1.